The summed E-state index contributed by atoms with van der Waals surface area (Å²) in [5.41, 5.74) is 3.55. The standard InChI is InChI=1S/C18H22ClN5S/c1-12(2)17-14(11-24(4)22-17)10-23(3)18-21-20-16(25-18)9-13-5-7-15(19)8-6-13/h5-8,11-12H,9-10H2,1-4H3. The highest BCUT2D eigenvalue weighted by Crippen LogP contribution is 2.25. The maximum atomic E-state index is 5.94. The molecule has 132 valence electrons. The van der Waals surface area contributed by atoms with E-state index in [4.69, 9.17) is 11.6 Å². The Morgan fingerprint density at radius 1 is 1.20 bits per heavy atom. The largest absolute Gasteiger partial charge is 0.345 e. The van der Waals surface area contributed by atoms with Gasteiger partial charge in [-0.25, -0.2) is 0 Å². The lowest BCUT2D eigenvalue weighted by Crippen LogP contribution is -2.17. The Kier molecular flexibility index (Phi) is 5.39. The lowest BCUT2D eigenvalue weighted by Gasteiger charge is -2.15. The van der Waals surface area contributed by atoms with E-state index in [9.17, 15) is 0 Å². The van der Waals surface area contributed by atoms with Crippen LogP contribution in [0.1, 0.15) is 41.6 Å². The van der Waals surface area contributed by atoms with Gasteiger partial charge in [-0.1, -0.05) is 48.9 Å². The predicted molar refractivity (Wildman–Crippen MR) is 104 cm³/mol. The number of benzene rings is 1. The van der Waals surface area contributed by atoms with Crippen LogP contribution in [0.25, 0.3) is 0 Å². The molecule has 5 nitrogen and oxygen atoms in total. The molecule has 2 heterocycles. The predicted octanol–water partition coefficient (Wildman–Crippen LogP) is 4.28. The number of nitrogens with zero attached hydrogens (tertiary/aromatic N) is 5. The van der Waals surface area contributed by atoms with Crippen LogP contribution >= 0.6 is 22.9 Å². The van der Waals surface area contributed by atoms with Gasteiger partial charge in [-0.3, -0.25) is 4.68 Å². The third-order valence-corrected chi connectivity index (χ3v) is 5.23. The summed E-state index contributed by atoms with van der Waals surface area (Å²) in [5, 5.41) is 15.9. The first-order valence-electron chi connectivity index (χ1n) is 8.22. The minimum Gasteiger partial charge on any atom is -0.345 e. The second-order valence-electron chi connectivity index (χ2n) is 6.51. The Bertz CT molecular complexity index is 838. The SMILES string of the molecule is CC(C)c1nn(C)cc1CN(C)c1nnc(Cc2ccc(Cl)cc2)s1. The van der Waals surface area contributed by atoms with Crippen molar-refractivity contribution in [2.24, 2.45) is 7.05 Å². The molecular weight excluding hydrogens is 354 g/mol. The number of aryl methyl sites for hydroxylation is 1. The van der Waals surface area contributed by atoms with Crippen LogP contribution in [0.5, 0.6) is 0 Å². The molecule has 25 heavy (non-hydrogen) atoms. The fourth-order valence-electron chi connectivity index (χ4n) is 2.73. The molecule has 0 aliphatic carbocycles. The summed E-state index contributed by atoms with van der Waals surface area (Å²) in [4.78, 5) is 2.13. The number of anilines is 1. The maximum Gasteiger partial charge on any atom is 0.208 e. The second kappa shape index (κ2) is 7.54. The van der Waals surface area contributed by atoms with Crippen molar-refractivity contribution in [2.75, 3.05) is 11.9 Å². The smallest absolute Gasteiger partial charge is 0.208 e. The topological polar surface area (TPSA) is 46.8 Å². The van der Waals surface area contributed by atoms with E-state index in [1.807, 2.05) is 43.0 Å². The van der Waals surface area contributed by atoms with E-state index < -0.39 is 0 Å². The number of aromatic nitrogens is 4. The van der Waals surface area contributed by atoms with Crippen LogP contribution in [0.2, 0.25) is 5.02 Å². The maximum absolute atomic E-state index is 5.94. The summed E-state index contributed by atoms with van der Waals surface area (Å²) in [7, 11) is 4.01. The molecule has 0 radical (unpaired) electrons. The van der Waals surface area contributed by atoms with Crippen molar-refractivity contribution in [1.82, 2.24) is 20.0 Å². The highest BCUT2D eigenvalue weighted by atomic mass is 35.5. The first-order valence-corrected chi connectivity index (χ1v) is 9.42. The Morgan fingerprint density at radius 2 is 1.92 bits per heavy atom. The van der Waals surface area contributed by atoms with Gasteiger partial charge in [0.05, 0.1) is 5.69 Å². The molecular formula is C18H22ClN5S. The molecule has 3 aromatic rings. The molecule has 0 N–H and O–H groups in total. The zero-order valence-corrected chi connectivity index (χ0v) is 16.5. The van der Waals surface area contributed by atoms with Gasteiger partial charge in [-0.05, 0) is 23.6 Å². The minimum absolute atomic E-state index is 0.402. The summed E-state index contributed by atoms with van der Waals surface area (Å²) in [6.45, 7) is 5.11. The highest BCUT2D eigenvalue weighted by molar-refractivity contribution is 7.15. The van der Waals surface area contributed by atoms with Gasteiger partial charge in [0.15, 0.2) is 0 Å². The number of hydrogen-bond acceptors (Lipinski definition) is 5. The van der Waals surface area contributed by atoms with E-state index in [0.29, 0.717) is 5.92 Å². The van der Waals surface area contributed by atoms with E-state index in [-0.39, 0.29) is 0 Å². The molecule has 0 aliphatic rings. The zero-order chi connectivity index (χ0) is 18.0. The molecule has 7 heteroatoms. The van der Waals surface area contributed by atoms with Crippen LogP contribution in [-0.2, 0) is 20.0 Å². The van der Waals surface area contributed by atoms with Crippen molar-refractivity contribution in [3.8, 4) is 0 Å². The average molecular weight is 376 g/mol. The fourth-order valence-corrected chi connectivity index (χ4v) is 3.69. The highest BCUT2D eigenvalue weighted by Gasteiger charge is 2.16. The Labute approximate surface area is 157 Å². The molecule has 0 saturated carbocycles. The summed E-state index contributed by atoms with van der Waals surface area (Å²) in [6.07, 6.45) is 2.86. The van der Waals surface area contributed by atoms with Gasteiger partial charge in [-0.15, -0.1) is 10.2 Å². The van der Waals surface area contributed by atoms with E-state index in [1.54, 1.807) is 11.3 Å². The third-order valence-electron chi connectivity index (χ3n) is 3.94. The normalized spacial score (nSPS) is 11.3. The van der Waals surface area contributed by atoms with E-state index in [1.165, 1.54) is 11.1 Å². The second-order valence-corrected chi connectivity index (χ2v) is 7.98. The van der Waals surface area contributed by atoms with Crippen LogP contribution < -0.4 is 4.90 Å². The van der Waals surface area contributed by atoms with Crippen molar-refractivity contribution in [3.63, 3.8) is 0 Å². The van der Waals surface area contributed by atoms with Crippen LogP contribution in [0, 0.1) is 0 Å². The summed E-state index contributed by atoms with van der Waals surface area (Å²) in [5.74, 6) is 0.402. The molecule has 0 spiro atoms. The minimum atomic E-state index is 0.402. The van der Waals surface area contributed by atoms with Crippen LogP contribution in [0.3, 0.4) is 0 Å². The molecule has 0 atom stereocenters. The average Bonchev–Trinajstić information content (AvgIpc) is 3.16. The lowest BCUT2D eigenvalue weighted by molar-refractivity contribution is 0.711. The van der Waals surface area contributed by atoms with Gasteiger partial charge in [-0.2, -0.15) is 5.10 Å². The van der Waals surface area contributed by atoms with Gasteiger partial charge in [0.1, 0.15) is 5.01 Å². The van der Waals surface area contributed by atoms with Crippen LogP contribution in [-0.4, -0.2) is 27.0 Å². The van der Waals surface area contributed by atoms with Crippen molar-refractivity contribution in [3.05, 3.63) is 57.3 Å². The molecule has 2 aromatic heterocycles. The fraction of sp³-hybridized carbons (Fsp3) is 0.389. The number of hydrogen-bond donors (Lipinski definition) is 0. The zero-order valence-electron chi connectivity index (χ0n) is 14.9. The van der Waals surface area contributed by atoms with Crippen molar-refractivity contribution >= 4 is 28.1 Å². The molecule has 1 aromatic carbocycles. The quantitative estimate of drug-likeness (QED) is 0.645. The summed E-state index contributed by atoms with van der Waals surface area (Å²) < 4.78 is 1.88. The summed E-state index contributed by atoms with van der Waals surface area (Å²) in [6, 6.07) is 7.86. The van der Waals surface area contributed by atoms with Crippen molar-refractivity contribution in [1.29, 1.82) is 0 Å². The Hall–Kier alpha value is -1.92. The van der Waals surface area contributed by atoms with Crippen LogP contribution in [0.4, 0.5) is 5.13 Å². The number of rotatable bonds is 6. The summed E-state index contributed by atoms with van der Waals surface area (Å²) >= 11 is 7.56. The Balaban J connectivity index is 1.70. The molecule has 0 saturated heterocycles. The first kappa shape index (κ1) is 17.9. The van der Waals surface area contributed by atoms with Gasteiger partial charge in [0, 0.05) is 43.8 Å². The molecule has 0 fully saturated rings. The molecule has 0 unspecified atom stereocenters. The van der Waals surface area contributed by atoms with Gasteiger partial charge >= 0.3 is 0 Å². The first-order chi connectivity index (χ1) is 11.9. The monoisotopic (exact) mass is 375 g/mol. The molecule has 0 amide bonds. The van der Waals surface area contributed by atoms with Gasteiger partial charge in [0.2, 0.25) is 5.13 Å². The van der Waals surface area contributed by atoms with Gasteiger partial charge < -0.3 is 4.90 Å². The number of halogens is 1. The van der Waals surface area contributed by atoms with E-state index in [2.05, 4.69) is 40.2 Å². The van der Waals surface area contributed by atoms with Gasteiger partial charge in [0.25, 0.3) is 0 Å². The lowest BCUT2D eigenvalue weighted by atomic mass is 10.1. The van der Waals surface area contributed by atoms with E-state index in [0.717, 1.165) is 33.8 Å². The van der Waals surface area contributed by atoms with Crippen molar-refractivity contribution < 1.29 is 0 Å². The van der Waals surface area contributed by atoms with Crippen molar-refractivity contribution in [2.45, 2.75) is 32.7 Å². The van der Waals surface area contributed by atoms with E-state index >= 15 is 0 Å². The Morgan fingerprint density at radius 3 is 2.60 bits per heavy atom. The molecule has 0 aliphatic heterocycles. The third kappa shape index (κ3) is 4.38. The molecule has 3 rings (SSSR count). The van der Waals surface area contributed by atoms with Crippen LogP contribution in [0.15, 0.2) is 30.5 Å². The molecule has 0 bridgehead atoms.